The molecule has 2 rings (SSSR count). The number of halogens is 1. The Morgan fingerprint density at radius 3 is 3.06 bits per heavy atom. The van der Waals surface area contributed by atoms with E-state index in [1.807, 2.05) is 4.90 Å². The van der Waals surface area contributed by atoms with Gasteiger partial charge in [-0.05, 0) is 18.6 Å². The van der Waals surface area contributed by atoms with Gasteiger partial charge in [-0.25, -0.2) is 4.39 Å². The molecular weight excluding hydrogens is 233 g/mol. The molecule has 1 saturated heterocycles. The quantitative estimate of drug-likeness (QED) is 0.815. The second-order valence-corrected chi connectivity index (χ2v) is 4.33. The van der Waals surface area contributed by atoms with Crippen LogP contribution in [-0.2, 0) is 0 Å². The highest BCUT2D eigenvalue weighted by atomic mass is 19.1. The molecule has 1 aliphatic heterocycles. The number of likely N-dealkylation sites (tertiary alicyclic amines) is 1. The van der Waals surface area contributed by atoms with Crippen LogP contribution in [0, 0.1) is 17.1 Å². The van der Waals surface area contributed by atoms with Crippen LogP contribution in [-0.4, -0.2) is 36.5 Å². The molecule has 5 heteroatoms. The second-order valence-electron chi connectivity index (χ2n) is 4.33. The molecular formula is C13H14FN3O. The van der Waals surface area contributed by atoms with E-state index in [1.165, 1.54) is 12.1 Å². The van der Waals surface area contributed by atoms with Crippen molar-refractivity contribution in [2.45, 2.75) is 12.5 Å². The van der Waals surface area contributed by atoms with Crippen LogP contribution in [0.2, 0.25) is 0 Å². The molecule has 18 heavy (non-hydrogen) atoms. The summed E-state index contributed by atoms with van der Waals surface area (Å²) < 4.78 is 13.4. The van der Waals surface area contributed by atoms with Gasteiger partial charge in [-0.15, -0.1) is 0 Å². The zero-order valence-electron chi connectivity index (χ0n) is 9.90. The smallest absolute Gasteiger partial charge is 0.254 e. The number of benzene rings is 1. The highest BCUT2D eigenvalue weighted by Crippen LogP contribution is 2.11. The zero-order valence-corrected chi connectivity index (χ0v) is 9.90. The molecule has 0 aromatic heterocycles. The summed E-state index contributed by atoms with van der Waals surface area (Å²) in [5.74, 6) is -0.904. The van der Waals surface area contributed by atoms with Crippen LogP contribution in [0.5, 0.6) is 0 Å². The van der Waals surface area contributed by atoms with Gasteiger partial charge in [-0.2, -0.15) is 5.26 Å². The van der Waals surface area contributed by atoms with Gasteiger partial charge in [0.1, 0.15) is 5.82 Å². The summed E-state index contributed by atoms with van der Waals surface area (Å²) in [6, 6.07) is 7.99. The average Bonchev–Trinajstić information content (AvgIpc) is 2.77. The number of carbonyl (C=O) groups is 1. The molecule has 1 atom stereocenters. The third-order valence-corrected chi connectivity index (χ3v) is 3.02. The molecule has 1 aromatic carbocycles. The Kier molecular flexibility index (Phi) is 3.90. The van der Waals surface area contributed by atoms with Gasteiger partial charge in [0.05, 0.1) is 18.2 Å². The maximum absolute atomic E-state index is 13.4. The van der Waals surface area contributed by atoms with E-state index in [4.69, 9.17) is 5.26 Å². The minimum absolute atomic E-state index is 0.00884. The number of nitriles is 1. The van der Waals surface area contributed by atoms with Crippen molar-refractivity contribution in [3.05, 3.63) is 35.6 Å². The van der Waals surface area contributed by atoms with Crippen molar-refractivity contribution in [2.75, 3.05) is 19.6 Å². The number of nitrogens with zero attached hydrogens (tertiary/aromatic N) is 2. The minimum Gasteiger partial charge on any atom is -0.348 e. The molecule has 1 unspecified atom stereocenters. The van der Waals surface area contributed by atoms with E-state index in [2.05, 4.69) is 11.4 Å². The summed E-state index contributed by atoms with van der Waals surface area (Å²) in [5.41, 5.74) is 0.0660. The third-order valence-electron chi connectivity index (χ3n) is 3.02. The van der Waals surface area contributed by atoms with Crippen molar-refractivity contribution in [3.63, 3.8) is 0 Å². The zero-order chi connectivity index (χ0) is 13.0. The van der Waals surface area contributed by atoms with Crippen LogP contribution in [0.25, 0.3) is 0 Å². The lowest BCUT2D eigenvalue weighted by Crippen LogP contribution is -2.37. The maximum Gasteiger partial charge on any atom is 0.254 e. The van der Waals surface area contributed by atoms with Crippen molar-refractivity contribution in [2.24, 2.45) is 0 Å². The van der Waals surface area contributed by atoms with E-state index in [0.717, 1.165) is 13.0 Å². The summed E-state index contributed by atoms with van der Waals surface area (Å²) in [4.78, 5) is 13.8. The van der Waals surface area contributed by atoms with E-state index >= 15 is 0 Å². The standard InChI is InChI=1S/C13H14FN3O/c14-12-4-2-1-3-11(12)13(18)16-10-5-7-17(9-10)8-6-15/h1-4,10H,5,7-9H2,(H,16,18). The van der Waals surface area contributed by atoms with Crippen LogP contribution in [0.1, 0.15) is 16.8 Å². The largest absolute Gasteiger partial charge is 0.348 e. The number of rotatable bonds is 3. The Morgan fingerprint density at radius 2 is 2.33 bits per heavy atom. The fourth-order valence-corrected chi connectivity index (χ4v) is 2.10. The Morgan fingerprint density at radius 1 is 1.56 bits per heavy atom. The predicted molar refractivity (Wildman–Crippen MR) is 64.3 cm³/mol. The molecule has 0 radical (unpaired) electrons. The van der Waals surface area contributed by atoms with Crippen molar-refractivity contribution >= 4 is 5.91 Å². The number of amides is 1. The van der Waals surface area contributed by atoms with Crippen LogP contribution in [0.4, 0.5) is 4.39 Å². The van der Waals surface area contributed by atoms with E-state index in [9.17, 15) is 9.18 Å². The fourth-order valence-electron chi connectivity index (χ4n) is 2.10. The van der Waals surface area contributed by atoms with E-state index < -0.39 is 11.7 Å². The normalized spacial score (nSPS) is 19.4. The highest BCUT2D eigenvalue weighted by Gasteiger charge is 2.24. The molecule has 0 saturated carbocycles. The molecule has 94 valence electrons. The Balaban J connectivity index is 1.94. The van der Waals surface area contributed by atoms with Crippen LogP contribution in [0.15, 0.2) is 24.3 Å². The van der Waals surface area contributed by atoms with Crippen molar-refractivity contribution in [3.8, 4) is 6.07 Å². The summed E-state index contributed by atoms with van der Waals surface area (Å²) in [7, 11) is 0. The summed E-state index contributed by atoms with van der Waals surface area (Å²) in [5, 5.41) is 11.4. The average molecular weight is 247 g/mol. The summed E-state index contributed by atoms with van der Waals surface area (Å²) >= 11 is 0. The first-order valence-electron chi connectivity index (χ1n) is 5.85. The maximum atomic E-state index is 13.4. The molecule has 4 nitrogen and oxygen atoms in total. The monoisotopic (exact) mass is 247 g/mol. The molecule has 0 bridgehead atoms. The van der Waals surface area contributed by atoms with Gasteiger partial charge in [0, 0.05) is 19.1 Å². The Hall–Kier alpha value is -1.93. The molecule has 0 aliphatic carbocycles. The molecule has 0 spiro atoms. The van der Waals surface area contributed by atoms with Gasteiger partial charge >= 0.3 is 0 Å². The number of carbonyl (C=O) groups excluding carboxylic acids is 1. The number of hydrogen-bond acceptors (Lipinski definition) is 3. The molecule has 1 fully saturated rings. The summed E-state index contributed by atoms with van der Waals surface area (Å²) in [6.45, 7) is 1.80. The highest BCUT2D eigenvalue weighted by molar-refractivity contribution is 5.94. The molecule has 1 heterocycles. The minimum atomic E-state index is -0.512. The van der Waals surface area contributed by atoms with Gasteiger partial charge in [-0.3, -0.25) is 9.69 Å². The van der Waals surface area contributed by atoms with Gasteiger partial charge in [0.25, 0.3) is 5.91 Å². The van der Waals surface area contributed by atoms with E-state index in [-0.39, 0.29) is 11.6 Å². The van der Waals surface area contributed by atoms with Crippen molar-refractivity contribution in [1.82, 2.24) is 10.2 Å². The van der Waals surface area contributed by atoms with Crippen LogP contribution < -0.4 is 5.32 Å². The van der Waals surface area contributed by atoms with Crippen LogP contribution in [0.3, 0.4) is 0 Å². The number of nitrogens with one attached hydrogen (secondary N) is 1. The lowest BCUT2D eigenvalue weighted by Gasteiger charge is -2.14. The van der Waals surface area contributed by atoms with Crippen LogP contribution >= 0.6 is 0 Å². The van der Waals surface area contributed by atoms with Crippen molar-refractivity contribution < 1.29 is 9.18 Å². The van der Waals surface area contributed by atoms with Crippen molar-refractivity contribution in [1.29, 1.82) is 5.26 Å². The molecule has 1 aromatic rings. The molecule has 1 amide bonds. The van der Waals surface area contributed by atoms with E-state index in [1.54, 1.807) is 12.1 Å². The van der Waals surface area contributed by atoms with Gasteiger partial charge < -0.3 is 5.32 Å². The van der Waals surface area contributed by atoms with E-state index in [0.29, 0.717) is 13.1 Å². The lowest BCUT2D eigenvalue weighted by molar-refractivity contribution is 0.0934. The topological polar surface area (TPSA) is 56.1 Å². The van der Waals surface area contributed by atoms with Gasteiger partial charge in [0.15, 0.2) is 0 Å². The predicted octanol–water partition coefficient (Wildman–Crippen LogP) is 1.15. The second kappa shape index (κ2) is 5.61. The lowest BCUT2D eigenvalue weighted by atomic mass is 10.1. The molecule has 1 N–H and O–H groups in total. The third kappa shape index (κ3) is 2.84. The molecule has 1 aliphatic rings. The Labute approximate surface area is 105 Å². The van der Waals surface area contributed by atoms with Gasteiger partial charge in [0.2, 0.25) is 0 Å². The first-order chi connectivity index (χ1) is 8.70. The first kappa shape index (κ1) is 12.5. The summed E-state index contributed by atoms with van der Waals surface area (Å²) in [6.07, 6.45) is 0.794. The fraction of sp³-hybridized carbons (Fsp3) is 0.385. The van der Waals surface area contributed by atoms with Gasteiger partial charge in [-0.1, -0.05) is 12.1 Å². The first-order valence-corrected chi connectivity index (χ1v) is 5.85. The SMILES string of the molecule is N#CCN1CCC(NC(=O)c2ccccc2F)C1. The Bertz CT molecular complexity index is 483. The number of hydrogen-bond donors (Lipinski definition) is 1.